The number of aromatic hydroxyl groups is 1. The highest BCUT2D eigenvalue weighted by Crippen LogP contribution is 2.20. The van der Waals surface area contributed by atoms with Gasteiger partial charge in [-0.05, 0) is 43.2 Å². The summed E-state index contributed by atoms with van der Waals surface area (Å²) < 4.78 is 0. The average Bonchev–Trinajstić information content (AvgIpc) is 2.41. The van der Waals surface area contributed by atoms with E-state index in [4.69, 9.17) is 5.73 Å². The van der Waals surface area contributed by atoms with Crippen LogP contribution in [0.4, 0.5) is 11.5 Å². The number of nitrogens with zero attached hydrogens (tertiary/aromatic N) is 1. The van der Waals surface area contributed by atoms with E-state index < -0.39 is 0 Å². The van der Waals surface area contributed by atoms with E-state index in [1.807, 2.05) is 18.2 Å². The van der Waals surface area contributed by atoms with Crippen molar-refractivity contribution in [3.05, 3.63) is 47.7 Å². The second-order valence-corrected chi connectivity index (χ2v) is 4.61. The fourth-order valence-corrected chi connectivity index (χ4v) is 1.84. The predicted molar refractivity (Wildman–Crippen MR) is 78.4 cm³/mol. The van der Waals surface area contributed by atoms with Gasteiger partial charge in [-0.25, -0.2) is 4.98 Å². The molecule has 20 heavy (non-hydrogen) atoms. The normalized spacial score (nSPS) is 10.2. The Balaban J connectivity index is 1.94. The lowest BCUT2D eigenvalue weighted by molar-refractivity contribution is -0.116. The number of rotatable bonds is 4. The van der Waals surface area contributed by atoms with Crippen LogP contribution in [-0.2, 0) is 11.2 Å². The van der Waals surface area contributed by atoms with Gasteiger partial charge < -0.3 is 16.2 Å². The third kappa shape index (κ3) is 3.71. The third-order valence-electron chi connectivity index (χ3n) is 2.86. The molecule has 1 aromatic carbocycles. The number of carbonyl (C=O) groups is 1. The third-order valence-corrected chi connectivity index (χ3v) is 2.86. The number of pyridine rings is 1. The summed E-state index contributed by atoms with van der Waals surface area (Å²) in [5.74, 6) is -0.0312. The van der Waals surface area contributed by atoms with E-state index in [0.29, 0.717) is 18.5 Å². The van der Waals surface area contributed by atoms with Gasteiger partial charge >= 0.3 is 0 Å². The lowest BCUT2D eigenvalue weighted by Gasteiger charge is -2.07. The first-order valence-corrected chi connectivity index (χ1v) is 6.35. The Kier molecular flexibility index (Phi) is 4.20. The first kappa shape index (κ1) is 13.9. The van der Waals surface area contributed by atoms with Crippen molar-refractivity contribution >= 4 is 17.4 Å². The monoisotopic (exact) mass is 271 g/mol. The molecule has 5 nitrogen and oxygen atoms in total. The lowest BCUT2D eigenvalue weighted by Crippen LogP contribution is -2.13. The van der Waals surface area contributed by atoms with E-state index in [-0.39, 0.29) is 17.5 Å². The number of aromatic nitrogens is 1. The number of carbonyl (C=O) groups excluding carboxylic acids is 1. The van der Waals surface area contributed by atoms with Crippen LogP contribution in [0.15, 0.2) is 36.4 Å². The Hall–Kier alpha value is -2.56. The summed E-state index contributed by atoms with van der Waals surface area (Å²) in [7, 11) is 0. The molecule has 0 radical (unpaired) electrons. The van der Waals surface area contributed by atoms with Crippen molar-refractivity contribution in [2.75, 3.05) is 11.1 Å². The molecule has 104 valence electrons. The topological polar surface area (TPSA) is 88.2 Å². The molecule has 0 aliphatic rings. The van der Waals surface area contributed by atoms with Crippen molar-refractivity contribution in [3.63, 3.8) is 0 Å². The van der Waals surface area contributed by atoms with Gasteiger partial charge in [-0.15, -0.1) is 0 Å². The van der Waals surface area contributed by atoms with Gasteiger partial charge in [0.15, 0.2) is 11.6 Å². The number of hydrogen-bond acceptors (Lipinski definition) is 4. The molecule has 4 N–H and O–H groups in total. The molecule has 1 aromatic heterocycles. The summed E-state index contributed by atoms with van der Waals surface area (Å²) in [6.07, 6.45) is 0.891. The van der Waals surface area contributed by atoms with Crippen LogP contribution in [0.1, 0.15) is 17.7 Å². The molecule has 2 rings (SSSR count). The van der Waals surface area contributed by atoms with Crippen LogP contribution in [0, 0.1) is 6.92 Å². The highest BCUT2D eigenvalue weighted by Gasteiger charge is 2.08. The highest BCUT2D eigenvalue weighted by atomic mass is 16.3. The summed E-state index contributed by atoms with van der Waals surface area (Å²) in [6.45, 7) is 1.79. The first-order chi connectivity index (χ1) is 9.54. The van der Waals surface area contributed by atoms with Crippen molar-refractivity contribution in [1.82, 2.24) is 4.98 Å². The number of amides is 1. The van der Waals surface area contributed by atoms with Crippen molar-refractivity contribution in [2.24, 2.45) is 0 Å². The molecule has 0 atom stereocenters. The number of nitrogens with two attached hydrogens (primary N) is 1. The Morgan fingerprint density at radius 2 is 2.15 bits per heavy atom. The number of anilines is 2. The summed E-state index contributed by atoms with van der Waals surface area (Å²) >= 11 is 0. The molecule has 0 aliphatic heterocycles. The van der Waals surface area contributed by atoms with Gasteiger partial charge in [-0.3, -0.25) is 4.79 Å². The van der Waals surface area contributed by atoms with Crippen molar-refractivity contribution in [2.45, 2.75) is 19.8 Å². The lowest BCUT2D eigenvalue weighted by atomic mass is 10.1. The molecule has 5 heteroatoms. The standard InChI is InChI=1S/C15H17N3O2/c1-10-5-7-13(19)15(17-10)18-14(20)8-6-11-3-2-4-12(16)9-11/h2-5,7,9,19H,6,8,16H2,1H3,(H,17,18,20). The smallest absolute Gasteiger partial charge is 0.225 e. The highest BCUT2D eigenvalue weighted by molar-refractivity contribution is 5.91. The minimum absolute atomic E-state index is 0.0343. The maximum absolute atomic E-state index is 11.8. The molecule has 0 spiro atoms. The van der Waals surface area contributed by atoms with Crippen molar-refractivity contribution < 1.29 is 9.90 Å². The molecule has 1 amide bonds. The van der Waals surface area contributed by atoms with Crippen molar-refractivity contribution in [3.8, 4) is 5.75 Å². The molecular weight excluding hydrogens is 254 g/mol. The number of nitrogens with one attached hydrogen (secondary N) is 1. The minimum Gasteiger partial charge on any atom is -0.504 e. The molecule has 0 saturated heterocycles. The quantitative estimate of drug-likeness (QED) is 0.744. The van der Waals surface area contributed by atoms with Gasteiger partial charge in [0.05, 0.1) is 0 Å². The van der Waals surface area contributed by atoms with Crippen LogP contribution in [-0.4, -0.2) is 16.0 Å². The van der Waals surface area contributed by atoms with Gasteiger partial charge in [0, 0.05) is 17.8 Å². The summed E-state index contributed by atoms with van der Waals surface area (Å²) in [5, 5.41) is 12.2. The fourth-order valence-electron chi connectivity index (χ4n) is 1.84. The maximum atomic E-state index is 11.8. The minimum atomic E-state index is -0.194. The van der Waals surface area contributed by atoms with E-state index >= 15 is 0 Å². The van der Waals surface area contributed by atoms with Crippen LogP contribution >= 0.6 is 0 Å². The van der Waals surface area contributed by atoms with E-state index in [1.54, 1.807) is 19.1 Å². The molecular formula is C15H17N3O2. The maximum Gasteiger partial charge on any atom is 0.225 e. The van der Waals surface area contributed by atoms with E-state index in [9.17, 15) is 9.90 Å². The largest absolute Gasteiger partial charge is 0.504 e. The number of hydrogen-bond donors (Lipinski definition) is 3. The zero-order chi connectivity index (χ0) is 14.5. The first-order valence-electron chi connectivity index (χ1n) is 6.35. The van der Waals surface area contributed by atoms with Crippen LogP contribution in [0.3, 0.4) is 0 Å². The number of aryl methyl sites for hydroxylation is 2. The molecule has 0 aliphatic carbocycles. The van der Waals surface area contributed by atoms with Crippen molar-refractivity contribution in [1.29, 1.82) is 0 Å². The van der Waals surface area contributed by atoms with E-state index in [1.165, 1.54) is 6.07 Å². The fraction of sp³-hybridized carbons (Fsp3) is 0.200. The van der Waals surface area contributed by atoms with Crippen LogP contribution in [0.25, 0.3) is 0 Å². The molecule has 0 saturated carbocycles. The van der Waals surface area contributed by atoms with Crippen LogP contribution < -0.4 is 11.1 Å². The Morgan fingerprint density at radius 1 is 1.35 bits per heavy atom. The van der Waals surface area contributed by atoms with Gasteiger partial charge in [0.1, 0.15) is 0 Å². The molecule has 1 heterocycles. The summed E-state index contributed by atoms with van der Waals surface area (Å²) in [5.41, 5.74) is 8.09. The van der Waals surface area contributed by atoms with E-state index in [0.717, 1.165) is 11.3 Å². The zero-order valence-corrected chi connectivity index (χ0v) is 11.3. The van der Waals surface area contributed by atoms with Gasteiger partial charge in [0.25, 0.3) is 0 Å². The summed E-state index contributed by atoms with van der Waals surface area (Å²) in [6, 6.07) is 10.6. The van der Waals surface area contributed by atoms with Gasteiger partial charge in [-0.2, -0.15) is 0 Å². The van der Waals surface area contributed by atoms with Gasteiger partial charge in [0.2, 0.25) is 5.91 Å². The SMILES string of the molecule is Cc1ccc(O)c(NC(=O)CCc2cccc(N)c2)n1. The predicted octanol–water partition coefficient (Wildman–Crippen LogP) is 2.25. The molecule has 0 unspecified atom stereocenters. The second-order valence-electron chi connectivity index (χ2n) is 4.61. The van der Waals surface area contributed by atoms with Crippen LogP contribution in [0.2, 0.25) is 0 Å². The number of nitrogen functional groups attached to an aromatic ring is 1. The van der Waals surface area contributed by atoms with E-state index in [2.05, 4.69) is 10.3 Å². The molecule has 0 fully saturated rings. The Labute approximate surface area is 117 Å². The Bertz CT molecular complexity index is 626. The average molecular weight is 271 g/mol. The molecule has 2 aromatic rings. The van der Waals surface area contributed by atoms with Gasteiger partial charge in [-0.1, -0.05) is 12.1 Å². The molecule has 0 bridgehead atoms. The zero-order valence-electron chi connectivity index (χ0n) is 11.3. The summed E-state index contributed by atoms with van der Waals surface area (Å²) in [4.78, 5) is 15.9. The second kappa shape index (κ2) is 6.06. The number of benzene rings is 1. The van der Waals surface area contributed by atoms with Crippen LogP contribution in [0.5, 0.6) is 5.75 Å². The Morgan fingerprint density at radius 3 is 2.90 bits per heavy atom.